The number of piperidine rings is 1. The van der Waals surface area contributed by atoms with Crippen LogP contribution in [0.4, 0.5) is 5.82 Å². The average Bonchev–Trinajstić information content (AvgIpc) is 2.68. The van der Waals surface area contributed by atoms with Crippen molar-refractivity contribution in [2.75, 3.05) is 19.4 Å². The molecule has 2 fully saturated rings. The Hall–Kier alpha value is -0.430. The van der Waals surface area contributed by atoms with Gasteiger partial charge in [0.1, 0.15) is 11.6 Å². The molecule has 0 aliphatic carbocycles. The molecule has 2 unspecified atom stereocenters. The fourth-order valence-corrected chi connectivity index (χ4v) is 4.97. The van der Waals surface area contributed by atoms with Gasteiger partial charge in [0.25, 0.3) is 0 Å². The Morgan fingerprint density at radius 1 is 1.19 bits per heavy atom. The van der Waals surface area contributed by atoms with Crippen LogP contribution in [0, 0.1) is 3.57 Å². The first-order chi connectivity index (χ1) is 10.0. The molecule has 2 aliphatic heterocycles. The van der Waals surface area contributed by atoms with Gasteiger partial charge in [-0.1, -0.05) is 13.8 Å². The third-order valence-electron chi connectivity index (χ3n) is 5.14. The number of hydrogen-bond acceptors (Lipinski definition) is 4. The maximum Gasteiger partial charge on any atom is 0.143 e. The van der Waals surface area contributed by atoms with Crippen LogP contribution in [-0.2, 0) is 0 Å². The summed E-state index contributed by atoms with van der Waals surface area (Å²) in [5.74, 6) is 3.03. The molecule has 2 bridgehead atoms. The van der Waals surface area contributed by atoms with Gasteiger partial charge in [0.2, 0.25) is 0 Å². The summed E-state index contributed by atoms with van der Waals surface area (Å²) in [6.45, 7) is 4.43. The van der Waals surface area contributed by atoms with E-state index in [2.05, 4.69) is 53.7 Å². The lowest BCUT2D eigenvalue weighted by Crippen LogP contribution is -2.39. The van der Waals surface area contributed by atoms with Crippen molar-refractivity contribution in [2.24, 2.45) is 0 Å². The molecule has 2 aliphatic rings. The van der Waals surface area contributed by atoms with E-state index in [9.17, 15) is 0 Å². The third-order valence-corrected chi connectivity index (χ3v) is 6.20. The Balaban J connectivity index is 1.94. The molecular weight excluding hydrogens is 375 g/mol. The number of nitrogens with one attached hydrogen (secondary N) is 1. The fraction of sp³-hybridized carbons (Fsp3) is 0.750. The maximum atomic E-state index is 4.95. The Morgan fingerprint density at radius 2 is 1.81 bits per heavy atom. The molecule has 2 atom stereocenters. The van der Waals surface area contributed by atoms with Gasteiger partial charge in [0, 0.05) is 25.0 Å². The van der Waals surface area contributed by atoms with Gasteiger partial charge in [-0.3, -0.25) is 0 Å². The van der Waals surface area contributed by atoms with Crippen LogP contribution in [-0.4, -0.2) is 41.0 Å². The zero-order chi connectivity index (χ0) is 15.1. The first-order valence-electron chi connectivity index (χ1n) is 7.98. The largest absolute Gasteiger partial charge is 0.372 e. The predicted molar refractivity (Wildman–Crippen MR) is 94.9 cm³/mol. The minimum atomic E-state index is 0.439. The van der Waals surface area contributed by atoms with Gasteiger partial charge in [-0.05, 0) is 61.2 Å². The predicted octanol–water partition coefficient (Wildman–Crippen LogP) is 3.59. The minimum absolute atomic E-state index is 0.439. The summed E-state index contributed by atoms with van der Waals surface area (Å²) in [6.07, 6.45) is 5.12. The summed E-state index contributed by atoms with van der Waals surface area (Å²) in [4.78, 5) is 12.4. The number of nitrogens with zero attached hydrogens (tertiary/aromatic N) is 3. The minimum Gasteiger partial charge on any atom is -0.372 e. The number of rotatable bonds is 3. The van der Waals surface area contributed by atoms with Crippen molar-refractivity contribution < 1.29 is 0 Å². The van der Waals surface area contributed by atoms with Crippen LogP contribution in [0.15, 0.2) is 0 Å². The van der Waals surface area contributed by atoms with Gasteiger partial charge in [0.05, 0.1) is 9.26 Å². The third kappa shape index (κ3) is 2.79. The van der Waals surface area contributed by atoms with Crippen molar-refractivity contribution in [3.8, 4) is 0 Å². The highest BCUT2D eigenvalue weighted by Gasteiger charge is 2.40. The lowest BCUT2D eigenvalue weighted by atomic mass is 9.90. The molecule has 116 valence electrons. The normalized spacial score (nSPS) is 29.1. The van der Waals surface area contributed by atoms with E-state index in [1.807, 2.05) is 7.05 Å². The molecule has 2 saturated heterocycles. The van der Waals surface area contributed by atoms with Gasteiger partial charge in [-0.15, -0.1) is 0 Å². The number of hydrogen-bond donors (Lipinski definition) is 1. The second-order valence-corrected chi connectivity index (χ2v) is 7.83. The lowest BCUT2D eigenvalue weighted by Gasteiger charge is -2.35. The highest BCUT2D eigenvalue weighted by atomic mass is 127. The quantitative estimate of drug-likeness (QED) is 0.788. The molecule has 5 heteroatoms. The van der Waals surface area contributed by atoms with Crippen molar-refractivity contribution in [1.82, 2.24) is 14.9 Å². The van der Waals surface area contributed by atoms with Crippen molar-refractivity contribution in [3.05, 3.63) is 15.1 Å². The monoisotopic (exact) mass is 400 g/mol. The van der Waals surface area contributed by atoms with Crippen LogP contribution in [0.1, 0.15) is 62.9 Å². The molecule has 0 amide bonds. The van der Waals surface area contributed by atoms with Crippen molar-refractivity contribution in [3.63, 3.8) is 0 Å². The van der Waals surface area contributed by atoms with Gasteiger partial charge in [-0.2, -0.15) is 0 Å². The fourth-order valence-electron chi connectivity index (χ4n) is 3.84. The zero-order valence-electron chi connectivity index (χ0n) is 13.4. The smallest absolute Gasteiger partial charge is 0.143 e. The van der Waals surface area contributed by atoms with Crippen molar-refractivity contribution in [1.29, 1.82) is 0 Å². The van der Waals surface area contributed by atoms with Crippen LogP contribution in [0.3, 0.4) is 0 Å². The van der Waals surface area contributed by atoms with Gasteiger partial charge < -0.3 is 10.2 Å². The molecule has 0 saturated carbocycles. The highest BCUT2D eigenvalue weighted by Crippen LogP contribution is 2.41. The van der Waals surface area contributed by atoms with Crippen LogP contribution in [0.25, 0.3) is 0 Å². The standard InChI is InChI=1S/C16H25IN4/c1-9(2)14-13(17)16(18-3)20-15(19-14)10-7-11-5-6-12(8-10)21(11)4/h9-12H,5-8H2,1-4H3,(H,18,19,20). The summed E-state index contributed by atoms with van der Waals surface area (Å²) in [5, 5.41) is 3.25. The van der Waals surface area contributed by atoms with Gasteiger partial charge in [-0.25, -0.2) is 9.97 Å². The molecule has 1 N–H and O–H groups in total. The lowest BCUT2D eigenvalue weighted by molar-refractivity contribution is 0.159. The van der Waals surface area contributed by atoms with Crippen LogP contribution < -0.4 is 5.32 Å². The molecule has 0 spiro atoms. The van der Waals surface area contributed by atoms with Crippen molar-refractivity contribution >= 4 is 28.4 Å². The molecule has 1 aromatic rings. The molecule has 3 heterocycles. The molecule has 0 radical (unpaired) electrons. The molecule has 0 aromatic carbocycles. The second-order valence-electron chi connectivity index (χ2n) is 6.75. The SMILES string of the molecule is CNc1nc(C2CC3CCC(C2)N3C)nc(C(C)C)c1I. The molecule has 3 rings (SSSR count). The summed E-state index contributed by atoms with van der Waals surface area (Å²) in [7, 11) is 4.24. The number of anilines is 1. The maximum absolute atomic E-state index is 4.95. The van der Waals surface area contributed by atoms with Gasteiger partial charge in [0.15, 0.2) is 0 Å². The summed E-state index contributed by atoms with van der Waals surface area (Å²) in [6, 6.07) is 1.47. The Morgan fingerprint density at radius 3 is 2.33 bits per heavy atom. The Labute approximate surface area is 141 Å². The number of fused-ring (bicyclic) bond motifs is 2. The van der Waals surface area contributed by atoms with E-state index in [-0.39, 0.29) is 0 Å². The highest BCUT2D eigenvalue weighted by molar-refractivity contribution is 14.1. The molecular formula is C16H25IN4. The molecule has 21 heavy (non-hydrogen) atoms. The molecule has 1 aromatic heterocycles. The van der Waals surface area contributed by atoms with E-state index in [1.54, 1.807) is 0 Å². The summed E-state index contributed by atoms with van der Waals surface area (Å²) < 4.78 is 1.17. The summed E-state index contributed by atoms with van der Waals surface area (Å²) >= 11 is 2.37. The van der Waals surface area contributed by atoms with E-state index in [0.717, 1.165) is 23.7 Å². The first-order valence-corrected chi connectivity index (χ1v) is 9.06. The van der Waals surface area contributed by atoms with E-state index >= 15 is 0 Å². The zero-order valence-corrected chi connectivity index (χ0v) is 15.5. The number of aromatic nitrogens is 2. The Kier molecular flexibility index (Phi) is 4.41. The van der Waals surface area contributed by atoms with E-state index in [4.69, 9.17) is 9.97 Å². The Bertz CT molecular complexity index is 517. The second kappa shape index (κ2) is 5.99. The van der Waals surface area contributed by atoms with E-state index in [0.29, 0.717) is 11.8 Å². The van der Waals surface area contributed by atoms with Crippen molar-refractivity contribution in [2.45, 2.75) is 63.5 Å². The van der Waals surface area contributed by atoms with Gasteiger partial charge >= 0.3 is 0 Å². The van der Waals surface area contributed by atoms with Crippen LogP contribution >= 0.6 is 22.6 Å². The van der Waals surface area contributed by atoms with E-state index in [1.165, 1.54) is 34.9 Å². The van der Waals surface area contributed by atoms with Crippen LogP contribution in [0.5, 0.6) is 0 Å². The average molecular weight is 400 g/mol. The molecule has 4 nitrogen and oxygen atoms in total. The van der Waals surface area contributed by atoms with Crippen LogP contribution in [0.2, 0.25) is 0 Å². The van der Waals surface area contributed by atoms with E-state index < -0.39 is 0 Å². The summed E-state index contributed by atoms with van der Waals surface area (Å²) in [5.41, 5.74) is 1.19. The topological polar surface area (TPSA) is 41.1 Å². The first kappa shape index (κ1) is 15.5. The number of halogens is 1.